The molecule has 7 nitrogen and oxygen atoms in total. The molecule has 0 spiro atoms. The number of aliphatic hydroxyl groups is 4. The fourth-order valence-corrected chi connectivity index (χ4v) is 9.38. The zero-order valence-corrected chi connectivity index (χ0v) is 22.4. The van der Waals surface area contributed by atoms with Crippen molar-refractivity contribution in [3.8, 4) is 0 Å². The van der Waals surface area contributed by atoms with Gasteiger partial charge in [0.2, 0.25) is 0 Å². The van der Waals surface area contributed by atoms with Gasteiger partial charge < -0.3 is 25.2 Å². The molecule has 1 saturated heterocycles. The highest BCUT2D eigenvalue weighted by Gasteiger charge is 2.69. The second-order valence-electron chi connectivity index (χ2n) is 13.4. The predicted molar refractivity (Wildman–Crippen MR) is 133 cm³/mol. The number of hydrogen-bond donors (Lipinski definition) is 4. The van der Waals surface area contributed by atoms with Crippen LogP contribution < -0.4 is 0 Å². The second kappa shape index (κ2) is 8.36. The predicted octanol–water partition coefficient (Wildman–Crippen LogP) is 2.92. The Morgan fingerprint density at radius 3 is 2.44 bits per heavy atom. The molecule has 5 rings (SSSR count). The van der Waals surface area contributed by atoms with Gasteiger partial charge in [-0.3, -0.25) is 9.59 Å². The van der Waals surface area contributed by atoms with Crippen molar-refractivity contribution in [1.82, 2.24) is 0 Å². The molecule has 12 atom stereocenters. The van der Waals surface area contributed by atoms with Crippen LogP contribution in [0.25, 0.3) is 0 Å². The maximum atomic E-state index is 13.4. The molecule has 0 amide bonds. The van der Waals surface area contributed by atoms with Gasteiger partial charge in [-0.1, -0.05) is 34.1 Å². The third-order valence-electron chi connectivity index (χ3n) is 11.9. The molecule has 0 aromatic rings. The van der Waals surface area contributed by atoms with Gasteiger partial charge in [0.25, 0.3) is 0 Å². The van der Waals surface area contributed by atoms with E-state index in [-0.39, 0.29) is 47.8 Å². The number of carbonyl (C=O) groups excluding carboxylic acids is 2. The van der Waals surface area contributed by atoms with E-state index in [0.717, 1.165) is 18.4 Å². The maximum absolute atomic E-state index is 13.4. The molecule has 0 radical (unpaired) electrons. The van der Waals surface area contributed by atoms with Crippen molar-refractivity contribution < 1.29 is 34.8 Å². The number of ether oxygens (including phenoxy) is 1. The average molecular weight is 505 g/mol. The number of ketones is 1. The van der Waals surface area contributed by atoms with Crippen LogP contribution in [0.15, 0.2) is 11.6 Å². The summed E-state index contributed by atoms with van der Waals surface area (Å²) < 4.78 is 5.81. The second-order valence-corrected chi connectivity index (χ2v) is 13.4. The molecule has 7 heteroatoms. The van der Waals surface area contributed by atoms with Gasteiger partial charge in [0.15, 0.2) is 5.78 Å². The minimum Gasteiger partial charge on any atom is -0.459 e. The zero-order valence-electron chi connectivity index (χ0n) is 22.4. The van der Waals surface area contributed by atoms with E-state index in [0.29, 0.717) is 32.1 Å². The van der Waals surface area contributed by atoms with Crippen molar-refractivity contribution in [3.05, 3.63) is 11.6 Å². The van der Waals surface area contributed by atoms with Crippen LogP contribution in [0.2, 0.25) is 0 Å². The largest absolute Gasteiger partial charge is 0.459 e. The van der Waals surface area contributed by atoms with E-state index < -0.39 is 40.3 Å². The van der Waals surface area contributed by atoms with Crippen molar-refractivity contribution in [3.63, 3.8) is 0 Å². The summed E-state index contributed by atoms with van der Waals surface area (Å²) >= 11 is 0. The molecule has 1 heterocycles. The Labute approximate surface area is 214 Å². The van der Waals surface area contributed by atoms with E-state index in [9.17, 15) is 30.0 Å². The van der Waals surface area contributed by atoms with Crippen LogP contribution >= 0.6 is 0 Å². The summed E-state index contributed by atoms with van der Waals surface area (Å²) in [6, 6.07) is 0. The molecular weight excluding hydrogens is 460 g/mol. The van der Waals surface area contributed by atoms with Crippen LogP contribution in [-0.4, -0.2) is 61.7 Å². The summed E-state index contributed by atoms with van der Waals surface area (Å²) in [6.45, 7) is 9.77. The number of allylic oxidation sites excluding steroid dienone is 1. The van der Waals surface area contributed by atoms with Gasteiger partial charge in [-0.15, -0.1) is 0 Å². The molecule has 5 aliphatic rings. The fraction of sp³-hybridized carbons (Fsp3) is 0.862. The average Bonchev–Trinajstić information content (AvgIpc) is 3.09. The Morgan fingerprint density at radius 2 is 1.78 bits per heavy atom. The highest BCUT2D eigenvalue weighted by Crippen LogP contribution is 2.68. The van der Waals surface area contributed by atoms with Gasteiger partial charge in [-0.25, -0.2) is 0 Å². The van der Waals surface area contributed by atoms with E-state index in [1.54, 1.807) is 13.0 Å². The number of rotatable bonds is 3. The molecule has 0 aromatic carbocycles. The van der Waals surface area contributed by atoms with Crippen LogP contribution in [0.1, 0.15) is 86.0 Å². The SMILES string of the molecule is CC[C@H]1C[C@@H]([C@](C)(O)[C@H]2CC[C@@]3(O)C4=CC(=O)[C@@H]5C[C@@H](O)[C@@H](O)C[C@]5(C)[C@H]4CC[C@]23C)OC(=O)[C@@H]1C. The van der Waals surface area contributed by atoms with Gasteiger partial charge in [0, 0.05) is 11.3 Å². The lowest BCUT2D eigenvalue weighted by Crippen LogP contribution is -2.63. The third-order valence-corrected chi connectivity index (χ3v) is 11.9. The first-order chi connectivity index (χ1) is 16.7. The van der Waals surface area contributed by atoms with E-state index >= 15 is 0 Å². The molecule has 0 unspecified atom stereocenters. The van der Waals surface area contributed by atoms with Crippen LogP contribution in [0.5, 0.6) is 0 Å². The van der Waals surface area contributed by atoms with E-state index in [2.05, 4.69) is 6.92 Å². The molecule has 4 N–H and O–H groups in total. The number of esters is 1. The highest BCUT2D eigenvalue weighted by atomic mass is 16.6. The van der Waals surface area contributed by atoms with Gasteiger partial charge >= 0.3 is 5.97 Å². The van der Waals surface area contributed by atoms with Crippen LogP contribution in [0, 0.1) is 40.4 Å². The highest BCUT2D eigenvalue weighted by molar-refractivity contribution is 5.95. The number of aliphatic hydroxyl groups excluding tert-OH is 2. The fourth-order valence-electron chi connectivity index (χ4n) is 9.38. The Balaban J connectivity index is 1.49. The van der Waals surface area contributed by atoms with Gasteiger partial charge in [-0.2, -0.15) is 0 Å². The first-order valence-electron chi connectivity index (χ1n) is 14.0. The molecule has 4 fully saturated rings. The minimum atomic E-state index is -1.31. The molecule has 4 aliphatic carbocycles. The molecule has 0 bridgehead atoms. The van der Waals surface area contributed by atoms with Gasteiger partial charge in [0.1, 0.15) is 11.7 Å². The van der Waals surface area contributed by atoms with E-state index in [1.165, 1.54) is 0 Å². The first-order valence-corrected chi connectivity index (χ1v) is 14.0. The normalized spacial score (nSPS) is 52.4. The maximum Gasteiger partial charge on any atom is 0.309 e. The summed E-state index contributed by atoms with van der Waals surface area (Å²) in [5.74, 6) is -1.13. The van der Waals surface area contributed by atoms with Gasteiger partial charge in [-0.05, 0) is 86.7 Å². The molecule has 1 aliphatic heterocycles. The molecule has 36 heavy (non-hydrogen) atoms. The quantitative estimate of drug-likeness (QED) is 0.436. The molecular formula is C29H44O7. The summed E-state index contributed by atoms with van der Waals surface area (Å²) in [5.41, 5.74) is -3.05. The number of fused-ring (bicyclic) bond motifs is 5. The van der Waals surface area contributed by atoms with Crippen LogP contribution in [0.4, 0.5) is 0 Å². The van der Waals surface area contributed by atoms with Crippen LogP contribution in [-0.2, 0) is 14.3 Å². The molecule has 202 valence electrons. The van der Waals surface area contributed by atoms with Crippen molar-refractivity contribution in [2.75, 3.05) is 0 Å². The van der Waals surface area contributed by atoms with E-state index in [1.807, 2.05) is 20.8 Å². The Hall–Kier alpha value is -1.28. The number of cyclic esters (lactones) is 1. The van der Waals surface area contributed by atoms with Crippen molar-refractivity contribution in [2.45, 2.75) is 115 Å². The van der Waals surface area contributed by atoms with Gasteiger partial charge in [0.05, 0.1) is 23.7 Å². The molecule has 0 aromatic heterocycles. The van der Waals surface area contributed by atoms with Crippen LogP contribution in [0.3, 0.4) is 0 Å². The smallest absolute Gasteiger partial charge is 0.309 e. The lowest BCUT2D eigenvalue weighted by Gasteiger charge is -2.61. The Morgan fingerprint density at radius 1 is 1.08 bits per heavy atom. The number of carbonyl (C=O) groups is 2. The summed E-state index contributed by atoms with van der Waals surface area (Å²) in [4.78, 5) is 26.0. The van der Waals surface area contributed by atoms with Crippen molar-refractivity contribution >= 4 is 11.8 Å². The summed E-state index contributed by atoms with van der Waals surface area (Å²) in [6.07, 6.45) is 3.62. The van der Waals surface area contributed by atoms with Crippen molar-refractivity contribution in [2.24, 2.45) is 40.4 Å². The third kappa shape index (κ3) is 3.38. The zero-order chi connectivity index (χ0) is 26.4. The van der Waals surface area contributed by atoms with Crippen molar-refractivity contribution in [1.29, 1.82) is 0 Å². The first kappa shape index (κ1) is 26.3. The summed E-state index contributed by atoms with van der Waals surface area (Å²) in [7, 11) is 0. The Bertz CT molecular complexity index is 973. The monoisotopic (exact) mass is 504 g/mol. The Kier molecular flexibility index (Phi) is 6.11. The minimum absolute atomic E-state index is 0.0676. The topological polar surface area (TPSA) is 124 Å². The summed E-state index contributed by atoms with van der Waals surface area (Å²) in [5, 5.41) is 45.2. The standard InChI is InChI=1S/C29H44O7/c1-6-16-11-24(36-25(33)15(16)2)28(5,34)23-8-10-29(35)18-12-20(30)19-13-21(31)22(32)14-26(19,3)17(18)7-9-27(23,29)4/h12,15-17,19,21-24,31-32,34-35H,6-11,13-14H2,1-5H3/t15-,16+,17+,19+,21-,22+,23+,24+,26-,27-,28-,29-/m1/s1. The lowest BCUT2D eigenvalue weighted by atomic mass is 9.45. The molecule has 3 saturated carbocycles. The lowest BCUT2D eigenvalue weighted by molar-refractivity contribution is -0.207. The van der Waals surface area contributed by atoms with E-state index in [4.69, 9.17) is 4.74 Å². The number of hydrogen-bond acceptors (Lipinski definition) is 7.